The topological polar surface area (TPSA) is 37.8 Å². The maximum absolute atomic E-state index is 4.38. The molecule has 0 aliphatic rings. The molecule has 0 saturated carbocycles. The van der Waals surface area contributed by atoms with Crippen molar-refractivity contribution in [2.75, 3.05) is 11.9 Å². The van der Waals surface area contributed by atoms with Crippen LogP contribution in [0.4, 0.5) is 5.13 Å². The maximum atomic E-state index is 4.38. The smallest absolute Gasteiger partial charge is 0.202 e. The molecule has 0 aliphatic carbocycles. The van der Waals surface area contributed by atoms with Crippen LogP contribution in [0.15, 0.2) is 0 Å². The van der Waals surface area contributed by atoms with Gasteiger partial charge in [-0.25, -0.2) is 4.98 Å². The summed E-state index contributed by atoms with van der Waals surface area (Å²) in [5.41, 5.74) is 0. The zero-order chi connectivity index (χ0) is 9.84. The second-order valence-corrected chi connectivity index (χ2v) is 4.64. The summed E-state index contributed by atoms with van der Waals surface area (Å²) in [5, 5.41) is 4.21. The van der Waals surface area contributed by atoms with Crippen molar-refractivity contribution in [2.24, 2.45) is 5.92 Å². The standard InChI is InChI=1S/C9H17N3S/c1-6(2)5-10-9-11-8(7(3)4)12-13-9/h6-7H,5H2,1-4H3,(H,10,11,12). The Morgan fingerprint density at radius 1 is 1.31 bits per heavy atom. The van der Waals surface area contributed by atoms with E-state index in [-0.39, 0.29) is 0 Å². The molecule has 74 valence electrons. The van der Waals surface area contributed by atoms with Gasteiger partial charge in [0.05, 0.1) is 0 Å². The first-order valence-corrected chi connectivity index (χ1v) is 5.44. The monoisotopic (exact) mass is 199 g/mol. The molecule has 0 aliphatic heterocycles. The highest BCUT2D eigenvalue weighted by Gasteiger charge is 2.06. The number of anilines is 1. The fraction of sp³-hybridized carbons (Fsp3) is 0.778. The van der Waals surface area contributed by atoms with E-state index in [2.05, 4.69) is 42.4 Å². The molecule has 0 fully saturated rings. The molecule has 4 heteroatoms. The Hall–Kier alpha value is -0.640. The largest absolute Gasteiger partial charge is 0.360 e. The van der Waals surface area contributed by atoms with Gasteiger partial charge in [0.15, 0.2) is 0 Å². The Morgan fingerprint density at radius 2 is 2.00 bits per heavy atom. The van der Waals surface area contributed by atoms with Crippen molar-refractivity contribution in [1.82, 2.24) is 9.36 Å². The van der Waals surface area contributed by atoms with E-state index in [1.54, 1.807) is 0 Å². The average Bonchev–Trinajstić information content (AvgIpc) is 2.48. The third-order valence-corrected chi connectivity index (χ3v) is 2.31. The van der Waals surface area contributed by atoms with E-state index >= 15 is 0 Å². The average molecular weight is 199 g/mol. The molecule has 0 radical (unpaired) electrons. The number of nitrogens with one attached hydrogen (secondary N) is 1. The van der Waals surface area contributed by atoms with Gasteiger partial charge in [-0.2, -0.15) is 4.37 Å². The second-order valence-electron chi connectivity index (χ2n) is 3.89. The van der Waals surface area contributed by atoms with Crippen LogP contribution in [-0.4, -0.2) is 15.9 Å². The molecule has 0 unspecified atom stereocenters. The number of nitrogens with zero attached hydrogens (tertiary/aromatic N) is 2. The van der Waals surface area contributed by atoms with Crippen LogP contribution in [0.3, 0.4) is 0 Å². The molecule has 1 aromatic rings. The molecule has 1 rings (SSSR count). The molecule has 1 N–H and O–H groups in total. The Morgan fingerprint density at radius 3 is 2.46 bits per heavy atom. The van der Waals surface area contributed by atoms with Gasteiger partial charge in [-0.1, -0.05) is 27.7 Å². The van der Waals surface area contributed by atoms with Crippen molar-refractivity contribution in [2.45, 2.75) is 33.6 Å². The van der Waals surface area contributed by atoms with Crippen LogP contribution in [-0.2, 0) is 0 Å². The third-order valence-electron chi connectivity index (χ3n) is 1.62. The van der Waals surface area contributed by atoms with Gasteiger partial charge >= 0.3 is 0 Å². The minimum atomic E-state index is 0.422. The highest BCUT2D eigenvalue weighted by Crippen LogP contribution is 2.17. The normalized spacial score (nSPS) is 11.2. The summed E-state index contributed by atoms with van der Waals surface area (Å²) >= 11 is 1.45. The minimum Gasteiger partial charge on any atom is -0.360 e. The number of rotatable bonds is 4. The number of aromatic nitrogens is 2. The van der Waals surface area contributed by atoms with E-state index < -0.39 is 0 Å². The lowest BCUT2D eigenvalue weighted by atomic mass is 10.2. The van der Waals surface area contributed by atoms with Crippen LogP contribution in [0.2, 0.25) is 0 Å². The molecule has 0 amide bonds. The molecule has 0 spiro atoms. The fourth-order valence-corrected chi connectivity index (χ4v) is 1.55. The zero-order valence-electron chi connectivity index (χ0n) is 8.66. The Kier molecular flexibility index (Phi) is 3.66. The van der Waals surface area contributed by atoms with Crippen LogP contribution in [0.5, 0.6) is 0 Å². The number of hydrogen-bond acceptors (Lipinski definition) is 4. The summed E-state index contributed by atoms with van der Waals surface area (Å²) < 4.78 is 4.26. The van der Waals surface area contributed by atoms with E-state index in [4.69, 9.17) is 0 Å². The summed E-state index contributed by atoms with van der Waals surface area (Å²) in [7, 11) is 0. The van der Waals surface area contributed by atoms with Gasteiger partial charge in [0.2, 0.25) is 5.13 Å². The lowest BCUT2D eigenvalue weighted by molar-refractivity contribution is 0.687. The van der Waals surface area contributed by atoms with E-state index in [1.165, 1.54) is 11.5 Å². The third kappa shape index (κ3) is 3.30. The maximum Gasteiger partial charge on any atom is 0.202 e. The van der Waals surface area contributed by atoms with Gasteiger partial charge in [-0.15, -0.1) is 0 Å². The SMILES string of the molecule is CC(C)CNc1nc(C(C)C)ns1. The predicted molar refractivity (Wildman–Crippen MR) is 57.3 cm³/mol. The molecule has 0 bridgehead atoms. The first-order chi connectivity index (χ1) is 6.09. The highest BCUT2D eigenvalue weighted by atomic mass is 32.1. The van der Waals surface area contributed by atoms with Crippen LogP contribution >= 0.6 is 11.5 Å². The van der Waals surface area contributed by atoms with E-state index in [0.29, 0.717) is 11.8 Å². The van der Waals surface area contributed by atoms with Crippen molar-refractivity contribution in [1.29, 1.82) is 0 Å². The fourth-order valence-electron chi connectivity index (χ4n) is 0.833. The first-order valence-electron chi connectivity index (χ1n) is 4.67. The first kappa shape index (κ1) is 10.4. The predicted octanol–water partition coefficient (Wildman–Crippen LogP) is 2.73. The Balaban J connectivity index is 2.49. The molecule has 0 saturated heterocycles. The van der Waals surface area contributed by atoms with Crippen LogP contribution in [0.25, 0.3) is 0 Å². The molecular weight excluding hydrogens is 182 g/mol. The van der Waals surface area contributed by atoms with Gasteiger partial charge < -0.3 is 5.32 Å². The minimum absolute atomic E-state index is 0.422. The van der Waals surface area contributed by atoms with E-state index in [9.17, 15) is 0 Å². The Labute approximate surface area is 83.8 Å². The van der Waals surface area contributed by atoms with Gasteiger partial charge in [0.25, 0.3) is 0 Å². The molecule has 0 atom stereocenters. The second kappa shape index (κ2) is 4.56. The van der Waals surface area contributed by atoms with E-state index in [0.717, 1.165) is 17.5 Å². The molecular formula is C9H17N3S. The van der Waals surface area contributed by atoms with Crippen molar-refractivity contribution in [3.05, 3.63) is 5.82 Å². The molecule has 1 heterocycles. The lowest BCUT2D eigenvalue weighted by Gasteiger charge is -2.03. The highest BCUT2D eigenvalue weighted by molar-refractivity contribution is 7.09. The molecule has 0 aromatic carbocycles. The van der Waals surface area contributed by atoms with Crippen LogP contribution in [0.1, 0.15) is 39.4 Å². The lowest BCUT2D eigenvalue weighted by Crippen LogP contribution is -2.07. The number of hydrogen-bond donors (Lipinski definition) is 1. The molecule has 1 aromatic heterocycles. The van der Waals surface area contributed by atoms with Crippen molar-refractivity contribution >= 4 is 16.7 Å². The van der Waals surface area contributed by atoms with Crippen LogP contribution < -0.4 is 5.32 Å². The summed E-state index contributed by atoms with van der Waals surface area (Å²) in [6, 6.07) is 0. The van der Waals surface area contributed by atoms with Crippen molar-refractivity contribution in [3.8, 4) is 0 Å². The summed E-state index contributed by atoms with van der Waals surface area (Å²) in [6.07, 6.45) is 0. The summed E-state index contributed by atoms with van der Waals surface area (Å²) in [6.45, 7) is 9.53. The van der Waals surface area contributed by atoms with Gasteiger partial charge in [-0.3, -0.25) is 0 Å². The van der Waals surface area contributed by atoms with Gasteiger partial charge in [-0.05, 0) is 5.92 Å². The summed E-state index contributed by atoms with van der Waals surface area (Å²) in [5.74, 6) is 2.01. The van der Waals surface area contributed by atoms with E-state index in [1.807, 2.05) is 0 Å². The quantitative estimate of drug-likeness (QED) is 0.810. The Bertz CT molecular complexity index is 255. The van der Waals surface area contributed by atoms with Crippen molar-refractivity contribution < 1.29 is 0 Å². The molecule has 3 nitrogen and oxygen atoms in total. The van der Waals surface area contributed by atoms with Crippen LogP contribution in [0, 0.1) is 5.92 Å². The van der Waals surface area contributed by atoms with Gasteiger partial charge in [0.1, 0.15) is 5.82 Å². The summed E-state index contributed by atoms with van der Waals surface area (Å²) in [4.78, 5) is 4.38. The van der Waals surface area contributed by atoms with Gasteiger partial charge in [0, 0.05) is 24.0 Å². The van der Waals surface area contributed by atoms with Crippen molar-refractivity contribution in [3.63, 3.8) is 0 Å². The molecule has 13 heavy (non-hydrogen) atoms. The zero-order valence-corrected chi connectivity index (χ0v) is 9.48.